The molecule has 2 aromatic rings. The number of nitrogens with one attached hydrogen (secondary N) is 1. The Morgan fingerprint density at radius 2 is 1.89 bits per heavy atom. The summed E-state index contributed by atoms with van der Waals surface area (Å²) in [6, 6.07) is 12.3. The molecule has 0 aliphatic heterocycles. The van der Waals surface area contributed by atoms with Gasteiger partial charge in [-0.1, -0.05) is 37.3 Å². The predicted octanol–water partition coefficient (Wildman–Crippen LogP) is 3.20. The zero-order valence-corrected chi connectivity index (χ0v) is 11.0. The van der Waals surface area contributed by atoms with Crippen LogP contribution in [0.1, 0.15) is 30.4 Å². The van der Waals surface area contributed by atoms with E-state index in [9.17, 15) is 0 Å². The molecule has 0 saturated heterocycles. The van der Waals surface area contributed by atoms with Crippen LogP contribution >= 0.6 is 0 Å². The second-order valence-electron chi connectivity index (χ2n) is 4.40. The molecule has 0 aliphatic rings. The van der Waals surface area contributed by atoms with Crippen LogP contribution < -0.4 is 5.32 Å². The predicted molar refractivity (Wildman–Crippen MR) is 74.8 cm³/mol. The fraction of sp³-hybridized carbons (Fsp3) is 0.333. The molecule has 0 bridgehead atoms. The van der Waals surface area contributed by atoms with Gasteiger partial charge in [0, 0.05) is 24.7 Å². The van der Waals surface area contributed by atoms with Crippen molar-refractivity contribution >= 4 is 5.82 Å². The van der Waals surface area contributed by atoms with Crippen molar-refractivity contribution in [2.24, 2.45) is 0 Å². The minimum absolute atomic E-state index is 0.781. The van der Waals surface area contributed by atoms with Gasteiger partial charge in [-0.2, -0.15) is 0 Å². The number of aryl methyl sites for hydroxylation is 1. The molecule has 1 heterocycles. The van der Waals surface area contributed by atoms with Crippen LogP contribution in [0.2, 0.25) is 0 Å². The van der Waals surface area contributed by atoms with Gasteiger partial charge in [0.25, 0.3) is 0 Å². The highest BCUT2D eigenvalue weighted by Gasteiger charge is 2.03. The van der Waals surface area contributed by atoms with Gasteiger partial charge in [0.2, 0.25) is 0 Å². The normalized spacial score (nSPS) is 10.3. The van der Waals surface area contributed by atoms with E-state index in [1.807, 2.05) is 31.2 Å². The highest BCUT2D eigenvalue weighted by atomic mass is 15.0. The number of hydrogen-bond donors (Lipinski definition) is 1. The van der Waals surface area contributed by atoms with Crippen LogP contribution in [0.5, 0.6) is 0 Å². The SMILES string of the molecule is CCCNc1cc(C)nc(Cc2ccccc2)n1. The fourth-order valence-electron chi connectivity index (χ4n) is 1.83. The number of rotatable bonds is 5. The number of anilines is 1. The van der Waals surface area contributed by atoms with Gasteiger partial charge in [-0.3, -0.25) is 0 Å². The maximum Gasteiger partial charge on any atom is 0.135 e. The van der Waals surface area contributed by atoms with Crippen LogP contribution in [0.3, 0.4) is 0 Å². The van der Waals surface area contributed by atoms with Crippen LogP contribution in [-0.4, -0.2) is 16.5 Å². The first-order chi connectivity index (χ1) is 8.78. The summed E-state index contributed by atoms with van der Waals surface area (Å²) in [5, 5.41) is 3.31. The van der Waals surface area contributed by atoms with Gasteiger partial charge >= 0.3 is 0 Å². The van der Waals surface area contributed by atoms with E-state index in [2.05, 4.69) is 34.3 Å². The summed E-state index contributed by atoms with van der Waals surface area (Å²) in [5.41, 5.74) is 2.25. The van der Waals surface area contributed by atoms with Crippen molar-refractivity contribution in [1.82, 2.24) is 9.97 Å². The molecule has 0 radical (unpaired) electrons. The first-order valence-electron chi connectivity index (χ1n) is 6.40. The monoisotopic (exact) mass is 241 g/mol. The second kappa shape index (κ2) is 6.15. The molecule has 3 nitrogen and oxygen atoms in total. The summed E-state index contributed by atoms with van der Waals surface area (Å²) < 4.78 is 0. The summed E-state index contributed by atoms with van der Waals surface area (Å²) in [6.07, 6.45) is 1.88. The highest BCUT2D eigenvalue weighted by molar-refractivity contribution is 5.36. The van der Waals surface area contributed by atoms with Crippen LogP contribution in [-0.2, 0) is 6.42 Å². The molecule has 0 amide bonds. The third kappa shape index (κ3) is 3.55. The molecule has 1 N–H and O–H groups in total. The average Bonchev–Trinajstić information content (AvgIpc) is 2.37. The molecule has 3 heteroatoms. The largest absolute Gasteiger partial charge is 0.370 e. The minimum atomic E-state index is 0.781. The lowest BCUT2D eigenvalue weighted by molar-refractivity contribution is 0.917. The van der Waals surface area contributed by atoms with E-state index in [-0.39, 0.29) is 0 Å². The van der Waals surface area contributed by atoms with Gasteiger partial charge in [-0.05, 0) is 18.9 Å². The Balaban J connectivity index is 2.15. The third-order valence-electron chi connectivity index (χ3n) is 2.66. The lowest BCUT2D eigenvalue weighted by atomic mass is 10.1. The number of aromatic nitrogens is 2. The van der Waals surface area contributed by atoms with Crippen LogP contribution in [0.25, 0.3) is 0 Å². The van der Waals surface area contributed by atoms with Gasteiger partial charge < -0.3 is 5.32 Å². The average molecular weight is 241 g/mol. The Hall–Kier alpha value is -1.90. The summed E-state index contributed by atoms with van der Waals surface area (Å²) in [7, 11) is 0. The Morgan fingerprint density at radius 3 is 2.61 bits per heavy atom. The summed E-state index contributed by atoms with van der Waals surface area (Å²) >= 11 is 0. The summed E-state index contributed by atoms with van der Waals surface area (Å²) in [4.78, 5) is 9.03. The van der Waals surface area contributed by atoms with Crippen molar-refractivity contribution in [2.45, 2.75) is 26.7 Å². The molecular formula is C15H19N3. The Labute approximate surface area is 108 Å². The van der Waals surface area contributed by atoms with Crippen molar-refractivity contribution in [3.8, 4) is 0 Å². The first-order valence-corrected chi connectivity index (χ1v) is 6.40. The first kappa shape index (κ1) is 12.6. The van der Waals surface area contributed by atoms with Gasteiger partial charge in [0.05, 0.1) is 0 Å². The maximum atomic E-state index is 4.54. The Kier molecular flexibility index (Phi) is 4.29. The van der Waals surface area contributed by atoms with Crippen molar-refractivity contribution in [1.29, 1.82) is 0 Å². The van der Waals surface area contributed by atoms with E-state index in [0.717, 1.165) is 36.7 Å². The maximum absolute atomic E-state index is 4.54. The van der Waals surface area contributed by atoms with E-state index in [4.69, 9.17) is 0 Å². The Morgan fingerprint density at radius 1 is 1.11 bits per heavy atom. The standard InChI is InChI=1S/C15H19N3/c1-3-9-16-14-10-12(2)17-15(18-14)11-13-7-5-4-6-8-13/h4-8,10H,3,9,11H2,1-2H3,(H,16,17,18). The molecule has 0 aliphatic carbocycles. The minimum Gasteiger partial charge on any atom is -0.370 e. The molecule has 0 atom stereocenters. The smallest absolute Gasteiger partial charge is 0.135 e. The number of benzene rings is 1. The topological polar surface area (TPSA) is 37.8 Å². The number of nitrogens with zero attached hydrogens (tertiary/aromatic N) is 2. The number of hydrogen-bond acceptors (Lipinski definition) is 3. The van der Waals surface area contributed by atoms with Gasteiger partial charge in [-0.25, -0.2) is 9.97 Å². The molecule has 1 aromatic heterocycles. The Bertz CT molecular complexity index is 494. The fourth-order valence-corrected chi connectivity index (χ4v) is 1.83. The van der Waals surface area contributed by atoms with Crippen LogP contribution in [0.15, 0.2) is 36.4 Å². The molecule has 2 rings (SSSR count). The van der Waals surface area contributed by atoms with E-state index in [1.165, 1.54) is 5.56 Å². The molecule has 0 fully saturated rings. The molecule has 18 heavy (non-hydrogen) atoms. The van der Waals surface area contributed by atoms with Crippen molar-refractivity contribution in [3.63, 3.8) is 0 Å². The molecule has 0 spiro atoms. The molecular weight excluding hydrogens is 222 g/mol. The van der Waals surface area contributed by atoms with E-state index < -0.39 is 0 Å². The van der Waals surface area contributed by atoms with E-state index in [1.54, 1.807) is 0 Å². The van der Waals surface area contributed by atoms with Gasteiger partial charge in [0.15, 0.2) is 0 Å². The molecule has 0 unspecified atom stereocenters. The zero-order chi connectivity index (χ0) is 12.8. The van der Waals surface area contributed by atoms with Crippen LogP contribution in [0, 0.1) is 6.92 Å². The quantitative estimate of drug-likeness (QED) is 0.873. The van der Waals surface area contributed by atoms with Gasteiger partial charge in [0.1, 0.15) is 11.6 Å². The van der Waals surface area contributed by atoms with Crippen molar-refractivity contribution < 1.29 is 0 Å². The molecule has 94 valence electrons. The summed E-state index contributed by atoms with van der Waals surface area (Å²) in [6.45, 7) is 5.10. The lowest BCUT2D eigenvalue weighted by Crippen LogP contribution is -2.06. The van der Waals surface area contributed by atoms with Crippen LogP contribution in [0.4, 0.5) is 5.82 Å². The third-order valence-corrected chi connectivity index (χ3v) is 2.66. The van der Waals surface area contributed by atoms with Crippen molar-refractivity contribution in [2.75, 3.05) is 11.9 Å². The molecule has 0 saturated carbocycles. The van der Waals surface area contributed by atoms with E-state index >= 15 is 0 Å². The highest BCUT2D eigenvalue weighted by Crippen LogP contribution is 2.10. The lowest BCUT2D eigenvalue weighted by Gasteiger charge is -2.07. The zero-order valence-electron chi connectivity index (χ0n) is 11.0. The van der Waals surface area contributed by atoms with Gasteiger partial charge in [-0.15, -0.1) is 0 Å². The van der Waals surface area contributed by atoms with E-state index in [0.29, 0.717) is 0 Å². The van der Waals surface area contributed by atoms with Crippen molar-refractivity contribution in [3.05, 3.63) is 53.5 Å². The second-order valence-corrected chi connectivity index (χ2v) is 4.40. The summed E-state index contributed by atoms with van der Waals surface area (Å²) in [5.74, 6) is 1.80. The molecule has 1 aromatic carbocycles.